The number of nitrogens with one attached hydrogen (secondary N) is 1. The fourth-order valence-electron chi connectivity index (χ4n) is 2.02. The lowest BCUT2D eigenvalue weighted by Crippen LogP contribution is -2.20. The third-order valence-corrected chi connectivity index (χ3v) is 4.11. The van der Waals surface area contributed by atoms with E-state index in [1.54, 1.807) is 11.3 Å². The van der Waals surface area contributed by atoms with Gasteiger partial charge in [0.1, 0.15) is 0 Å². The molecule has 3 rings (SSSR count). The van der Waals surface area contributed by atoms with Crippen LogP contribution in [0.2, 0.25) is 0 Å². The van der Waals surface area contributed by atoms with Crippen molar-refractivity contribution in [1.82, 2.24) is 5.32 Å². The van der Waals surface area contributed by atoms with Gasteiger partial charge in [-0.2, -0.15) is 0 Å². The maximum absolute atomic E-state index is 12.1. The van der Waals surface area contributed by atoms with E-state index in [2.05, 4.69) is 17.4 Å². The normalized spacial score (nSPS) is 15.3. The molecule has 1 aliphatic carbocycles. The molecule has 2 aromatic rings. The third kappa shape index (κ3) is 2.40. The van der Waals surface area contributed by atoms with Crippen molar-refractivity contribution in [2.24, 2.45) is 0 Å². The molecular weight excluding hydrogens is 230 g/mol. The van der Waals surface area contributed by atoms with Crippen molar-refractivity contribution < 1.29 is 4.79 Å². The van der Waals surface area contributed by atoms with E-state index in [0.717, 1.165) is 16.8 Å². The molecule has 88 valence electrons. The highest BCUT2D eigenvalue weighted by Crippen LogP contribution is 2.25. The molecule has 17 heavy (non-hydrogen) atoms. The zero-order chi connectivity index (χ0) is 11.7. The van der Waals surface area contributed by atoms with Crippen molar-refractivity contribution in [1.29, 1.82) is 0 Å². The topological polar surface area (TPSA) is 29.1 Å². The largest absolute Gasteiger partial charge is 0.314 e. The maximum Gasteiger partial charge on any atom is 0.165 e. The molecule has 0 spiro atoms. The summed E-state index contributed by atoms with van der Waals surface area (Å²) in [5.74, 6) is 0.256. The number of fused-ring (bicyclic) bond motifs is 1. The minimum atomic E-state index is 0.256. The predicted octanol–water partition coefficient (Wildman–Crippen LogP) is 3.23. The number of ketones is 1. The molecule has 0 aliphatic heterocycles. The van der Waals surface area contributed by atoms with Gasteiger partial charge in [0.25, 0.3) is 0 Å². The van der Waals surface area contributed by atoms with Crippen LogP contribution in [0.5, 0.6) is 0 Å². The molecule has 1 aliphatic rings. The van der Waals surface area contributed by atoms with Crippen LogP contribution in [0.15, 0.2) is 29.6 Å². The average Bonchev–Trinajstić information content (AvgIpc) is 3.04. The second kappa shape index (κ2) is 4.59. The van der Waals surface area contributed by atoms with Gasteiger partial charge in [0, 0.05) is 29.3 Å². The molecular formula is C14H15NOS. The summed E-state index contributed by atoms with van der Waals surface area (Å²) in [5, 5.41) is 6.60. The van der Waals surface area contributed by atoms with Gasteiger partial charge in [-0.25, -0.2) is 0 Å². The Morgan fingerprint density at radius 1 is 1.35 bits per heavy atom. The molecule has 1 aromatic heterocycles. The number of carbonyl (C=O) groups excluding carboxylic acids is 1. The molecule has 0 atom stereocenters. The lowest BCUT2D eigenvalue weighted by Gasteiger charge is -2.03. The number of thiophene rings is 1. The van der Waals surface area contributed by atoms with Crippen LogP contribution < -0.4 is 5.32 Å². The van der Waals surface area contributed by atoms with E-state index in [1.165, 1.54) is 18.2 Å². The lowest BCUT2D eigenvalue weighted by molar-refractivity contribution is 0.0984. The Morgan fingerprint density at radius 3 is 3.06 bits per heavy atom. The van der Waals surface area contributed by atoms with E-state index in [0.29, 0.717) is 12.5 Å². The maximum atomic E-state index is 12.1. The van der Waals surface area contributed by atoms with Crippen LogP contribution in [-0.4, -0.2) is 18.4 Å². The lowest BCUT2D eigenvalue weighted by atomic mass is 10.1. The summed E-state index contributed by atoms with van der Waals surface area (Å²) in [6.45, 7) is 0.811. The summed E-state index contributed by atoms with van der Waals surface area (Å²) in [6, 6.07) is 8.72. The van der Waals surface area contributed by atoms with Crippen molar-refractivity contribution >= 4 is 27.2 Å². The summed E-state index contributed by atoms with van der Waals surface area (Å²) in [7, 11) is 0. The third-order valence-electron chi connectivity index (χ3n) is 3.14. The number of rotatable bonds is 5. The van der Waals surface area contributed by atoms with Crippen LogP contribution in [0.4, 0.5) is 0 Å². The van der Waals surface area contributed by atoms with E-state index in [9.17, 15) is 4.79 Å². The first-order valence-electron chi connectivity index (χ1n) is 6.07. The molecule has 1 saturated carbocycles. The van der Waals surface area contributed by atoms with Crippen LogP contribution in [0.1, 0.15) is 29.6 Å². The second-order valence-corrected chi connectivity index (χ2v) is 5.46. The Bertz CT molecular complexity index is 542. The Morgan fingerprint density at radius 2 is 2.24 bits per heavy atom. The SMILES string of the molecule is O=C(CCNC1CC1)c1cccc2ccsc12. The molecule has 1 aromatic carbocycles. The quantitative estimate of drug-likeness (QED) is 0.819. The smallest absolute Gasteiger partial charge is 0.165 e. The highest BCUT2D eigenvalue weighted by atomic mass is 32.1. The van der Waals surface area contributed by atoms with Gasteiger partial charge in [-0.15, -0.1) is 11.3 Å². The second-order valence-electron chi connectivity index (χ2n) is 4.55. The predicted molar refractivity (Wildman–Crippen MR) is 71.8 cm³/mol. The molecule has 0 amide bonds. The van der Waals surface area contributed by atoms with Gasteiger partial charge in [-0.05, 0) is 35.7 Å². The summed E-state index contributed by atoms with van der Waals surface area (Å²) >= 11 is 1.65. The van der Waals surface area contributed by atoms with Crippen molar-refractivity contribution in [3.05, 3.63) is 35.2 Å². The zero-order valence-corrected chi connectivity index (χ0v) is 10.4. The Hall–Kier alpha value is -1.19. The first kappa shape index (κ1) is 10.9. The van der Waals surface area contributed by atoms with Gasteiger partial charge >= 0.3 is 0 Å². The molecule has 1 N–H and O–H groups in total. The van der Waals surface area contributed by atoms with Gasteiger partial charge in [0.05, 0.1) is 0 Å². The summed E-state index contributed by atoms with van der Waals surface area (Å²) in [5.41, 5.74) is 0.884. The fourth-order valence-corrected chi connectivity index (χ4v) is 2.96. The molecule has 0 bridgehead atoms. The number of hydrogen-bond acceptors (Lipinski definition) is 3. The van der Waals surface area contributed by atoms with E-state index in [4.69, 9.17) is 0 Å². The number of benzene rings is 1. The van der Waals surface area contributed by atoms with E-state index in [-0.39, 0.29) is 5.78 Å². The van der Waals surface area contributed by atoms with Gasteiger partial charge in [0.2, 0.25) is 0 Å². The zero-order valence-electron chi connectivity index (χ0n) is 9.61. The average molecular weight is 245 g/mol. The van der Waals surface area contributed by atoms with Crippen molar-refractivity contribution in [2.45, 2.75) is 25.3 Å². The van der Waals surface area contributed by atoms with Crippen molar-refractivity contribution in [3.63, 3.8) is 0 Å². The van der Waals surface area contributed by atoms with Gasteiger partial charge < -0.3 is 5.32 Å². The van der Waals surface area contributed by atoms with E-state index < -0.39 is 0 Å². The number of hydrogen-bond donors (Lipinski definition) is 1. The molecule has 3 heteroatoms. The molecule has 0 radical (unpaired) electrons. The number of Topliss-reactive ketones (excluding diaryl/α,β-unsaturated/α-hetero) is 1. The first-order chi connectivity index (χ1) is 8.34. The van der Waals surface area contributed by atoms with Crippen LogP contribution in [0, 0.1) is 0 Å². The first-order valence-corrected chi connectivity index (χ1v) is 6.95. The van der Waals surface area contributed by atoms with Crippen LogP contribution in [-0.2, 0) is 0 Å². The highest BCUT2D eigenvalue weighted by Gasteiger charge is 2.20. The monoisotopic (exact) mass is 245 g/mol. The summed E-state index contributed by atoms with van der Waals surface area (Å²) in [6.07, 6.45) is 3.15. The summed E-state index contributed by atoms with van der Waals surface area (Å²) in [4.78, 5) is 12.1. The number of carbonyl (C=O) groups is 1. The molecule has 1 heterocycles. The van der Waals surface area contributed by atoms with E-state index in [1.807, 2.05) is 17.5 Å². The van der Waals surface area contributed by atoms with Gasteiger partial charge in [-0.1, -0.05) is 12.1 Å². The highest BCUT2D eigenvalue weighted by molar-refractivity contribution is 7.17. The standard InChI is InChI=1S/C14H15NOS/c16-13(6-8-15-11-4-5-11)12-3-1-2-10-7-9-17-14(10)12/h1-3,7,9,11,15H,4-6,8H2. The molecule has 0 saturated heterocycles. The fraction of sp³-hybridized carbons (Fsp3) is 0.357. The minimum absolute atomic E-state index is 0.256. The molecule has 2 nitrogen and oxygen atoms in total. The van der Waals surface area contributed by atoms with Crippen molar-refractivity contribution in [2.75, 3.05) is 6.54 Å². The van der Waals surface area contributed by atoms with E-state index >= 15 is 0 Å². The van der Waals surface area contributed by atoms with Gasteiger partial charge in [-0.3, -0.25) is 4.79 Å². The van der Waals surface area contributed by atoms with Crippen LogP contribution >= 0.6 is 11.3 Å². The molecule has 0 unspecified atom stereocenters. The summed E-state index contributed by atoms with van der Waals surface area (Å²) < 4.78 is 1.13. The van der Waals surface area contributed by atoms with Crippen molar-refractivity contribution in [3.8, 4) is 0 Å². The van der Waals surface area contributed by atoms with Gasteiger partial charge in [0.15, 0.2) is 5.78 Å². The minimum Gasteiger partial charge on any atom is -0.314 e. The Kier molecular flexibility index (Phi) is 2.95. The Labute approximate surface area is 105 Å². The van der Waals surface area contributed by atoms with Crippen LogP contribution in [0.25, 0.3) is 10.1 Å². The Balaban J connectivity index is 1.72. The van der Waals surface area contributed by atoms with Crippen LogP contribution in [0.3, 0.4) is 0 Å². The molecule has 1 fully saturated rings.